The normalized spacial score (nSPS) is 19.3. The van der Waals surface area contributed by atoms with Crippen molar-refractivity contribution in [2.24, 2.45) is 0 Å². The van der Waals surface area contributed by atoms with Crippen molar-refractivity contribution in [1.82, 2.24) is 4.90 Å². The van der Waals surface area contributed by atoms with Gasteiger partial charge in [0.05, 0.1) is 31.9 Å². The smallest absolute Gasteiger partial charge is 0.256 e. The van der Waals surface area contributed by atoms with E-state index < -0.39 is 0 Å². The van der Waals surface area contributed by atoms with E-state index in [0.29, 0.717) is 36.8 Å². The number of benzene rings is 1. The number of rotatable bonds is 3. The Kier molecular flexibility index (Phi) is 4.27. The molecule has 1 atom stereocenters. The maximum Gasteiger partial charge on any atom is 0.256 e. The Bertz CT molecular complexity index is 462. The van der Waals surface area contributed by atoms with Gasteiger partial charge in [-0.1, -0.05) is 6.92 Å². The Morgan fingerprint density at radius 1 is 1.58 bits per heavy atom. The fourth-order valence-corrected chi connectivity index (χ4v) is 2.28. The molecule has 0 bridgehead atoms. The van der Waals surface area contributed by atoms with Gasteiger partial charge in [0.25, 0.3) is 5.91 Å². The third-order valence-electron chi connectivity index (χ3n) is 3.45. The van der Waals surface area contributed by atoms with Crippen molar-refractivity contribution >= 4 is 11.6 Å². The first-order valence-corrected chi connectivity index (χ1v) is 6.49. The van der Waals surface area contributed by atoms with E-state index in [1.807, 2.05) is 4.90 Å². The minimum atomic E-state index is -0.0321. The lowest BCUT2D eigenvalue weighted by Crippen LogP contribution is -2.48. The van der Waals surface area contributed by atoms with Crippen molar-refractivity contribution < 1.29 is 14.3 Å². The summed E-state index contributed by atoms with van der Waals surface area (Å²) in [6.07, 6.45) is 0.877. The summed E-state index contributed by atoms with van der Waals surface area (Å²) in [7, 11) is 1.57. The minimum absolute atomic E-state index is 0.0321. The second-order valence-corrected chi connectivity index (χ2v) is 4.59. The van der Waals surface area contributed by atoms with Gasteiger partial charge in [-0.05, 0) is 18.6 Å². The number of nitrogens with zero attached hydrogens (tertiary/aromatic N) is 1. The van der Waals surface area contributed by atoms with Gasteiger partial charge in [0, 0.05) is 18.3 Å². The highest BCUT2D eigenvalue weighted by molar-refractivity contribution is 5.99. The molecular formula is C14H20N2O3. The Morgan fingerprint density at radius 3 is 3.00 bits per heavy atom. The predicted octanol–water partition coefficient (Wildman–Crippen LogP) is 1.53. The molecule has 1 aromatic carbocycles. The lowest BCUT2D eigenvalue weighted by Gasteiger charge is -2.35. The van der Waals surface area contributed by atoms with E-state index >= 15 is 0 Å². The molecule has 1 unspecified atom stereocenters. The fraction of sp³-hybridized carbons (Fsp3) is 0.500. The number of carbonyl (C=O) groups excluding carboxylic acids is 1. The largest absolute Gasteiger partial charge is 0.497 e. The Labute approximate surface area is 113 Å². The van der Waals surface area contributed by atoms with Crippen molar-refractivity contribution in [3.05, 3.63) is 23.8 Å². The third kappa shape index (κ3) is 2.81. The summed E-state index contributed by atoms with van der Waals surface area (Å²) in [6, 6.07) is 5.28. The molecule has 1 saturated heterocycles. The highest BCUT2D eigenvalue weighted by atomic mass is 16.5. The number of hydrogen-bond donors (Lipinski definition) is 1. The van der Waals surface area contributed by atoms with Crippen LogP contribution in [0.15, 0.2) is 18.2 Å². The summed E-state index contributed by atoms with van der Waals surface area (Å²) in [6.45, 7) is 3.84. The van der Waals surface area contributed by atoms with E-state index in [4.69, 9.17) is 15.2 Å². The zero-order valence-corrected chi connectivity index (χ0v) is 11.4. The highest BCUT2D eigenvalue weighted by Gasteiger charge is 2.27. The summed E-state index contributed by atoms with van der Waals surface area (Å²) in [5.74, 6) is 0.623. The topological polar surface area (TPSA) is 64.8 Å². The summed E-state index contributed by atoms with van der Waals surface area (Å²) in [4.78, 5) is 14.4. The van der Waals surface area contributed by atoms with E-state index in [1.54, 1.807) is 25.3 Å². The molecule has 0 radical (unpaired) electrons. The molecule has 1 fully saturated rings. The van der Waals surface area contributed by atoms with Crippen LogP contribution in [0.2, 0.25) is 0 Å². The fourth-order valence-electron chi connectivity index (χ4n) is 2.28. The first-order valence-electron chi connectivity index (χ1n) is 6.49. The van der Waals surface area contributed by atoms with Crippen LogP contribution in [-0.2, 0) is 4.74 Å². The molecule has 1 aromatic rings. The minimum Gasteiger partial charge on any atom is -0.497 e. The predicted molar refractivity (Wildman–Crippen MR) is 73.3 cm³/mol. The quantitative estimate of drug-likeness (QED) is 0.841. The zero-order chi connectivity index (χ0) is 13.8. The average molecular weight is 264 g/mol. The number of anilines is 1. The van der Waals surface area contributed by atoms with Gasteiger partial charge in [-0.25, -0.2) is 0 Å². The lowest BCUT2D eigenvalue weighted by atomic mass is 10.1. The Balaban J connectivity index is 2.23. The average Bonchev–Trinajstić information content (AvgIpc) is 2.46. The molecule has 19 heavy (non-hydrogen) atoms. The number of nitrogens with two attached hydrogens (primary N) is 1. The van der Waals surface area contributed by atoms with Gasteiger partial charge < -0.3 is 20.1 Å². The van der Waals surface area contributed by atoms with Gasteiger partial charge >= 0.3 is 0 Å². The number of methoxy groups -OCH3 is 1. The van der Waals surface area contributed by atoms with Gasteiger partial charge in [-0.15, -0.1) is 0 Å². The van der Waals surface area contributed by atoms with E-state index in [0.717, 1.165) is 6.42 Å². The molecule has 1 amide bonds. The first-order chi connectivity index (χ1) is 9.17. The zero-order valence-electron chi connectivity index (χ0n) is 11.4. The standard InChI is InChI=1S/C14H20N2O3/c1-3-10-9-19-7-6-16(10)14(17)12-5-4-11(18-2)8-13(12)15/h4-5,8,10H,3,6-7,9,15H2,1-2H3. The van der Waals surface area contributed by atoms with Crippen LogP contribution in [0.1, 0.15) is 23.7 Å². The Morgan fingerprint density at radius 2 is 2.37 bits per heavy atom. The molecule has 1 aliphatic rings. The van der Waals surface area contributed by atoms with Crippen molar-refractivity contribution in [1.29, 1.82) is 0 Å². The maximum atomic E-state index is 12.5. The van der Waals surface area contributed by atoms with Crippen LogP contribution in [-0.4, -0.2) is 43.7 Å². The summed E-state index contributed by atoms with van der Waals surface area (Å²) in [5.41, 5.74) is 6.91. The lowest BCUT2D eigenvalue weighted by molar-refractivity contribution is -0.00274. The van der Waals surface area contributed by atoms with Crippen LogP contribution >= 0.6 is 0 Å². The van der Waals surface area contributed by atoms with E-state index in [9.17, 15) is 4.79 Å². The number of ether oxygens (including phenoxy) is 2. The van der Waals surface area contributed by atoms with Crippen molar-refractivity contribution in [3.8, 4) is 5.75 Å². The molecule has 5 heteroatoms. The molecule has 0 saturated carbocycles. The molecule has 0 spiro atoms. The molecule has 5 nitrogen and oxygen atoms in total. The molecule has 0 aliphatic carbocycles. The molecule has 104 valence electrons. The SMILES string of the molecule is CCC1COCCN1C(=O)c1ccc(OC)cc1N. The van der Waals surface area contributed by atoms with Crippen LogP contribution in [0.25, 0.3) is 0 Å². The first kappa shape index (κ1) is 13.7. The molecule has 2 rings (SSSR count). The summed E-state index contributed by atoms with van der Waals surface area (Å²) in [5, 5.41) is 0. The van der Waals surface area contributed by atoms with Gasteiger partial charge in [-0.2, -0.15) is 0 Å². The second-order valence-electron chi connectivity index (χ2n) is 4.59. The van der Waals surface area contributed by atoms with Crippen LogP contribution in [0, 0.1) is 0 Å². The molecular weight excluding hydrogens is 244 g/mol. The second kappa shape index (κ2) is 5.93. The highest BCUT2D eigenvalue weighted by Crippen LogP contribution is 2.23. The molecule has 1 heterocycles. The summed E-state index contributed by atoms with van der Waals surface area (Å²) >= 11 is 0. The Hall–Kier alpha value is -1.75. The van der Waals surface area contributed by atoms with Gasteiger partial charge in [-0.3, -0.25) is 4.79 Å². The third-order valence-corrected chi connectivity index (χ3v) is 3.45. The molecule has 0 aromatic heterocycles. The van der Waals surface area contributed by atoms with Crippen molar-refractivity contribution in [2.45, 2.75) is 19.4 Å². The number of nitrogen functional groups attached to an aromatic ring is 1. The molecule has 2 N–H and O–H groups in total. The van der Waals surface area contributed by atoms with E-state index in [2.05, 4.69) is 6.92 Å². The number of carbonyl (C=O) groups is 1. The van der Waals surface area contributed by atoms with Gasteiger partial charge in [0.1, 0.15) is 5.75 Å². The van der Waals surface area contributed by atoms with Gasteiger partial charge in [0.2, 0.25) is 0 Å². The van der Waals surface area contributed by atoms with E-state index in [-0.39, 0.29) is 11.9 Å². The van der Waals surface area contributed by atoms with Crippen molar-refractivity contribution in [3.63, 3.8) is 0 Å². The number of amides is 1. The summed E-state index contributed by atoms with van der Waals surface area (Å²) < 4.78 is 10.5. The van der Waals surface area contributed by atoms with E-state index in [1.165, 1.54) is 0 Å². The molecule has 1 aliphatic heterocycles. The van der Waals surface area contributed by atoms with Crippen LogP contribution < -0.4 is 10.5 Å². The van der Waals surface area contributed by atoms with Crippen LogP contribution in [0.3, 0.4) is 0 Å². The number of morpholine rings is 1. The monoisotopic (exact) mass is 264 g/mol. The van der Waals surface area contributed by atoms with Crippen LogP contribution in [0.5, 0.6) is 5.75 Å². The van der Waals surface area contributed by atoms with Gasteiger partial charge in [0.15, 0.2) is 0 Å². The van der Waals surface area contributed by atoms with Crippen LogP contribution in [0.4, 0.5) is 5.69 Å². The number of hydrogen-bond acceptors (Lipinski definition) is 4. The maximum absolute atomic E-state index is 12.5. The van der Waals surface area contributed by atoms with Crippen molar-refractivity contribution in [2.75, 3.05) is 32.6 Å².